The first-order chi connectivity index (χ1) is 10.9. The highest BCUT2D eigenvalue weighted by atomic mass is 32.1. The zero-order valence-corrected chi connectivity index (χ0v) is 14.4. The first-order valence-corrected chi connectivity index (χ1v) is 8.64. The minimum absolute atomic E-state index is 0.00984. The van der Waals surface area contributed by atoms with Crippen molar-refractivity contribution in [3.05, 3.63) is 16.4 Å². The quantitative estimate of drug-likeness (QED) is 0.921. The van der Waals surface area contributed by atoms with Crippen LogP contribution in [0.5, 0.6) is 0 Å². The summed E-state index contributed by atoms with van der Waals surface area (Å²) in [6, 6.07) is 0. The lowest BCUT2D eigenvalue weighted by Crippen LogP contribution is -2.41. The second-order valence-corrected chi connectivity index (χ2v) is 7.29. The molecule has 2 N–H and O–H groups in total. The number of hydrogen-bond acceptors (Lipinski definition) is 5. The minimum Gasteiger partial charge on any atom is -0.369 e. The Kier molecular flexibility index (Phi) is 4.09. The average Bonchev–Trinajstić information content (AvgIpc) is 3.07. The third-order valence-electron chi connectivity index (χ3n) is 4.41. The van der Waals surface area contributed by atoms with Gasteiger partial charge in [-0.2, -0.15) is 0 Å². The summed E-state index contributed by atoms with van der Waals surface area (Å²) in [4.78, 5) is 27.3. The molecule has 0 radical (unpaired) electrons. The Balaban J connectivity index is 1.85. The number of fused-ring (bicyclic) bond motifs is 1. The lowest BCUT2D eigenvalue weighted by Gasteiger charge is -2.30. The topological polar surface area (TPSA) is 93.6 Å². The van der Waals surface area contributed by atoms with Gasteiger partial charge in [-0.25, -0.2) is 0 Å². The number of primary amides is 1. The summed E-state index contributed by atoms with van der Waals surface area (Å²) in [5.74, 6) is 0.747. The van der Waals surface area contributed by atoms with Crippen LogP contribution in [0.25, 0.3) is 4.96 Å². The Morgan fingerprint density at radius 3 is 2.48 bits per heavy atom. The van der Waals surface area contributed by atoms with Gasteiger partial charge in [0, 0.05) is 30.6 Å². The number of rotatable bonds is 3. The summed E-state index contributed by atoms with van der Waals surface area (Å²) < 4.78 is 1.97. The van der Waals surface area contributed by atoms with Gasteiger partial charge in [-0.1, -0.05) is 25.2 Å². The van der Waals surface area contributed by atoms with Crippen molar-refractivity contribution >= 4 is 28.1 Å². The Morgan fingerprint density at radius 2 is 1.91 bits per heavy atom. The molecule has 0 spiro atoms. The van der Waals surface area contributed by atoms with Gasteiger partial charge in [0.2, 0.25) is 10.9 Å². The Bertz CT molecular complexity index is 755. The van der Waals surface area contributed by atoms with E-state index in [0.29, 0.717) is 30.8 Å². The zero-order valence-electron chi connectivity index (χ0n) is 13.6. The number of nitrogens with zero attached hydrogens (tertiary/aromatic N) is 4. The maximum Gasteiger partial charge on any atom is 0.265 e. The summed E-state index contributed by atoms with van der Waals surface area (Å²) in [7, 11) is 0. The van der Waals surface area contributed by atoms with E-state index in [2.05, 4.69) is 24.0 Å². The third kappa shape index (κ3) is 2.71. The number of thiazole rings is 1. The van der Waals surface area contributed by atoms with Crippen molar-refractivity contribution in [1.29, 1.82) is 0 Å². The van der Waals surface area contributed by atoms with E-state index >= 15 is 0 Å². The number of carbonyl (C=O) groups excluding carboxylic acids is 2. The van der Waals surface area contributed by atoms with E-state index in [1.54, 1.807) is 4.90 Å². The number of carbonyl (C=O) groups is 2. The van der Waals surface area contributed by atoms with Crippen molar-refractivity contribution in [3.8, 4) is 0 Å². The molecule has 0 atom stereocenters. The number of aromatic nitrogens is 3. The molecule has 23 heavy (non-hydrogen) atoms. The molecule has 3 heterocycles. The average molecular weight is 335 g/mol. The Hall–Kier alpha value is -1.96. The Morgan fingerprint density at radius 1 is 1.26 bits per heavy atom. The molecule has 2 aromatic heterocycles. The second kappa shape index (κ2) is 5.92. The molecule has 0 unspecified atom stereocenters. The van der Waals surface area contributed by atoms with E-state index < -0.39 is 0 Å². The highest BCUT2D eigenvalue weighted by molar-refractivity contribution is 7.19. The molecule has 0 aromatic carbocycles. The molecule has 2 amide bonds. The standard InChI is InChI=1S/C15H21N5O2S/c1-8(2)13-17-18-15-20(13)9(3)11(23-15)14(22)19-6-4-10(5-7-19)12(16)21/h8,10H,4-7H2,1-3H3,(H2,16,21). The van der Waals surface area contributed by atoms with Crippen LogP contribution < -0.4 is 5.73 Å². The fraction of sp³-hybridized carbons (Fsp3) is 0.600. The van der Waals surface area contributed by atoms with Crippen molar-refractivity contribution in [2.75, 3.05) is 13.1 Å². The van der Waals surface area contributed by atoms with E-state index in [9.17, 15) is 9.59 Å². The van der Waals surface area contributed by atoms with Gasteiger partial charge in [0.25, 0.3) is 5.91 Å². The van der Waals surface area contributed by atoms with Crippen LogP contribution in [-0.4, -0.2) is 44.4 Å². The monoisotopic (exact) mass is 335 g/mol. The molecule has 0 bridgehead atoms. The molecule has 2 aromatic rings. The molecule has 0 aliphatic carbocycles. The molecule has 1 aliphatic rings. The molecule has 7 nitrogen and oxygen atoms in total. The van der Waals surface area contributed by atoms with Crippen LogP contribution in [0.2, 0.25) is 0 Å². The minimum atomic E-state index is -0.268. The van der Waals surface area contributed by atoms with Crippen LogP contribution in [0.1, 0.15) is 53.8 Å². The van der Waals surface area contributed by atoms with Gasteiger partial charge in [0.15, 0.2) is 0 Å². The molecule has 1 aliphatic heterocycles. The van der Waals surface area contributed by atoms with Crippen LogP contribution in [-0.2, 0) is 4.79 Å². The van der Waals surface area contributed by atoms with Crippen LogP contribution >= 0.6 is 11.3 Å². The molecule has 3 rings (SSSR count). The number of nitrogens with two attached hydrogens (primary N) is 1. The van der Waals surface area contributed by atoms with Crippen LogP contribution in [0.3, 0.4) is 0 Å². The number of aryl methyl sites for hydroxylation is 1. The van der Waals surface area contributed by atoms with Gasteiger partial charge in [-0.3, -0.25) is 14.0 Å². The summed E-state index contributed by atoms with van der Waals surface area (Å²) >= 11 is 1.38. The molecule has 0 saturated carbocycles. The smallest absolute Gasteiger partial charge is 0.265 e. The summed E-state index contributed by atoms with van der Waals surface area (Å²) in [6.07, 6.45) is 1.28. The highest BCUT2D eigenvalue weighted by Gasteiger charge is 2.29. The fourth-order valence-electron chi connectivity index (χ4n) is 3.01. The van der Waals surface area contributed by atoms with Crippen LogP contribution in [0, 0.1) is 12.8 Å². The van der Waals surface area contributed by atoms with Crippen LogP contribution in [0.15, 0.2) is 0 Å². The lowest BCUT2D eigenvalue weighted by molar-refractivity contribution is -0.123. The summed E-state index contributed by atoms with van der Waals surface area (Å²) in [5, 5.41) is 8.39. The number of likely N-dealkylation sites (tertiary alicyclic amines) is 1. The predicted octanol–water partition coefficient (Wildman–Crippen LogP) is 1.56. The maximum absolute atomic E-state index is 12.8. The van der Waals surface area contributed by atoms with Crippen molar-refractivity contribution in [2.24, 2.45) is 11.7 Å². The summed E-state index contributed by atoms with van der Waals surface area (Å²) in [5.41, 5.74) is 6.24. The lowest BCUT2D eigenvalue weighted by atomic mass is 9.96. The highest BCUT2D eigenvalue weighted by Crippen LogP contribution is 2.28. The molecular formula is C15H21N5O2S. The van der Waals surface area contributed by atoms with Gasteiger partial charge in [-0.05, 0) is 19.8 Å². The van der Waals surface area contributed by atoms with E-state index in [1.165, 1.54) is 11.3 Å². The first-order valence-electron chi connectivity index (χ1n) is 7.83. The van der Waals surface area contributed by atoms with Gasteiger partial charge in [0.05, 0.1) is 0 Å². The third-order valence-corrected chi connectivity index (χ3v) is 5.53. The van der Waals surface area contributed by atoms with Gasteiger partial charge >= 0.3 is 0 Å². The van der Waals surface area contributed by atoms with E-state index in [1.807, 2.05) is 11.3 Å². The molecular weight excluding hydrogens is 314 g/mol. The van der Waals surface area contributed by atoms with Crippen molar-refractivity contribution in [3.63, 3.8) is 0 Å². The number of piperidine rings is 1. The largest absolute Gasteiger partial charge is 0.369 e. The van der Waals surface area contributed by atoms with Crippen LogP contribution in [0.4, 0.5) is 0 Å². The van der Waals surface area contributed by atoms with E-state index in [0.717, 1.165) is 16.5 Å². The molecule has 8 heteroatoms. The second-order valence-electron chi connectivity index (χ2n) is 6.32. The number of amides is 2. The maximum atomic E-state index is 12.8. The van der Waals surface area contributed by atoms with Gasteiger partial charge in [-0.15, -0.1) is 10.2 Å². The Labute approximate surface area is 138 Å². The first kappa shape index (κ1) is 15.9. The van der Waals surface area contributed by atoms with Crippen molar-refractivity contribution < 1.29 is 9.59 Å². The number of hydrogen-bond donors (Lipinski definition) is 1. The molecule has 124 valence electrons. The van der Waals surface area contributed by atoms with Crippen molar-refractivity contribution in [1.82, 2.24) is 19.5 Å². The normalized spacial score (nSPS) is 16.4. The van der Waals surface area contributed by atoms with E-state index in [-0.39, 0.29) is 23.7 Å². The van der Waals surface area contributed by atoms with Gasteiger partial charge in [0.1, 0.15) is 10.7 Å². The fourth-order valence-corrected chi connectivity index (χ4v) is 4.05. The van der Waals surface area contributed by atoms with Gasteiger partial charge < -0.3 is 10.6 Å². The van der Waals surface area contributed by atoms with Crippen molar-refractivity contribution in [2.45, 2.75) is 39.5 Å². The SMILES string of the molecule is Cc1c(C(=O)N2CCC(C(N)=O)CC2)sc2nnc(C(C)C)n12. The van der Waals surface area contributed by atoms with E-state index in [4.69, 9.17) is 5.73 Å². The summed E-state index contributed by atoms with van der Waals surface area (Å²) in [6.45, 7) is 7.19. The molecule has 1 saturated heterocycles. The zero-order chi connectivity index (χ0) is 16.7. The predicted molar refractivity (Wildman–Crippen MR) is 87.5 cm³/mol. The molecule has 1 fully saturated rings.